The maximum absolute atomic E-state index is 13.2. The Morgan fingerprint density at radius 1 is 1.00 bits per heavy atom. The van der Waals surface area contributed by atoms with Crippen molar-refractivity contribution < 1.29 is 14.4 Å². The number of nitrogens with one attached hydrogen (secondary N) is 1. The largest absolute Gasteiger partial charge is 0.388 e. The van der Waals surface area contributed by atoms with E-state index in [9.17, 15) is 19.6 Å². The van der Waals surface area contributed by atoms with Crippen LogP contribution in [0.2, 0.25) is 10.0 Å². The van der Waals surface area contributed by atoms with Crippen molar-refractivity contribution in [3.8, 4) is 0 Å². The number of anilines is 1. The summed E-state index contributed by atoms with van der Waals surface area (Å²) in [6.45, 7) is 0. The molecule has 3 rings (SSSR count). The maximum Gasteiger partial charge on any atom is 0.271 e. The van der Waals surface area contributed by atoms with Crippen molar-refractivity contribution in [1.82, 2.24) is 0 Å². The van der Waals surface area contributed by atoms with Gasteiger partial charge in [-0.1, -0.05) is 47.5 Å². The number of rotatable bonds is 7. The third kappa shape index (κ3) is 5.44. The Hall–Kier alpha value is -2.67. The number of non-ortho nitro benzene ring substituents is 1. The van der Waals surface area contributed by atoms with Crippen molar-refractivity contribution in [2.75, 3.05) is 5.32 Å². The molecule has 2 N–H and O–H groups in total. The maximum atomic E-state index is 13.2. The van der Waals surface area contributed by atoms with E-state index in [1.54, 1.807) is 30.3 Å². The fourth-order valence-corrected chi connectivity index (χ4v) is 3.27. The molecule has 150 valence electrons. The number of benzene rings is 3. The van der Waals surface area contributed by atoms with Crippen LogP contribution in [-0.2, 0) is 0 Å². The summed E-state index contributed by atoms with van der Waals surface area (Å²) in [6.07, 6.45) is -0.687. The Morgan fingerprint density at radius 2 is 1.69 bits per heavy atom. The predicted octanol–water partition coefficient (Wildman–Crippen LogP) is 6.32. The number of aliphatic hydroxyl groups excluding tert-OH is 1. The van der Waals surface area contributed by atoms with Gasteiger partial charge in [-0.2, -0.15) is 0 Å². The molecule has 2 atom stereocenters. The van der Waals surface area contributed by atoms with Gasteiger partial charge < -0.3 is 10.4 Å². The van der Waals surface area contributed by atoms with Crippen molar-refractivity contribution in [2.24, 2.45) is 0 Å². The number of nitro groups is 1. The normalized spacial score (nSPS) is 13.0. The molecule has 0 spiro atoms. The lowest BCUT2D eigenvalue weighted by Gasteiger charge is -2.24. The summed E-state index contributed by atoms with van der Waals surface area (Å²) in [4.78, 5) is 10.6. The van der Waals surface area contributed by atoms with Crippen molar-refractivity contribution in [2.45, 2.75) is 18.6 Å². The molecule has 8 heteroatoms. The van der Waals surface area contributed by atoms with Crippen LogP contribution in [-0.4, -0.2) is 10.0 Å². The van der Waals surface area contributed by atoms with Gasteiger partial charge in [0.15, 0.2) is 0 Å². The average molecular weight is 435 g/mol. The van der Waals surface area contributed by atoms with Crippen LogP contribution in [0.15, 0.2) is 66.7 Å². The van der Waals surface area contributed by atoms with Gasteiger partial charge in [-0.25, -0.2) is 4.39 Å². The highest BCUT2D eigenvalue weighted by atomic mass is 35.5. The average Bonchev–Trinajstić information content (AvgIpc) is 2.70. The minimum Gasteiger partial charge on any atom is -0.388 e. The zero-order valence-electron chi connectivity index (χ0n) is 15.1. The van der Waals surface area contributed by atoms with Crippen LogP contribution in [0.5, 0.6) is 0 Å². The molecule has 29 heavy (non-hydrogen) atoms. The Morgan fingerprint density at radius 3 is 2.34 bits per heavy atom. The highest BCUT2D eigenvalue weighted by Gasteiger charge is 2.20. The fourth-order valence-electron chi connectivity index (χ4n) is 2.96. The van der Waals surface area contributed by atoms with Gasteiger partial charge in [-0.05, 0) is 41.5 Å². The van der Waals surface area contributed by atoms with Crippen LogP contribution in [0.4, 0.5) is 15.8 Å². The first-order valence-corrected chi connectivity index (χ1v) is 9.48. The number of hydrogen-bond donors (Lipinski definition) is 2. The topological polar surface area (TPSA) is 75.4 Å². The molecule has 0 heterocycles. The van der Waals surface area contributed by atoms with Crippen molar-refractivity contribution >= 4 is 34.6 Å². The number of nitro benzene ring substituents is 1. The van der Waals surface area contributed by atoms with E-state index in [1.807, 2.05) is 0 Å². The van der Waals surface area contributed by atoms with Gasteiger partial charge in [-0.15, -0.1) is 0 Å². The van der Waals surface area contributed by atoms with Crippen LogP contribution >= 0.6 is 23.2 Å². The van der Waals surface area contributed by atoms with Crippen LogP contribution in [0.1, 0.15) is 29.7 Å². The standard InChI is InChI=1S/C21H17Cl2FN2O3/c22-18-9-6-14(10-19(18)23)20(12-21(27)13-4-7-15(24)8-5-13)25-16-2-1-3-17(11-16)26(28)29/h1-11,20-21,25,27H,12H2. The quantitative estimate of drug-likeness (QED) is 0.337. The predicted molar refractivity (Wildman–Crippen MR) is 112 cm³/mol. The lowest BCUT2D eigenvalue weighted by molar-refractivity contribution is -0.384. The summed E-state index contributed by atoms with van der Waals surface area (Å²) >= 11 is 12.2. The first-order chi connectivity index (χ1) is 13.8. The van der Waals surface area contributed by atoms with Gasteiger partial charge in [0, 0.05) is 24.2 Å². The summed E-state index contributed by atoms with van der Waals surface area (Å²) in [5.41, 5.74) is 1.76. The molecule has 0 amide bonds. The molecule has 5 nitrogen and oxygen atoms in total. The van der Waals surface area contributed by atoms with Crippen molar-refractivity contribution in [3.63, 3.8) is 0 Å². The van der Waals surface area contributed by atoms with E-state index in [1.165, 1.54) is 36.4 Å². The highest BCUT2D eigenvalue weighted by Crippen LogP contribution is 2.33. The highest BCUT2D eigenvalue weighted by molar-refractivity contribution is 6.42. The Kier molecular flexibility index (Phi) is 6.69. The lowest BCUT2D eigenvalue weighted by atomic mass is 9.96. The van der Waals surface area contributed by atoms with Gasteiger partial charge in [0.05, 0.1) is 27.1 Å². The Bertz CT molecular complexity index is 1020. The summed E-state index contributed by atoms with van der Waals surface area (Å²) in [7, 11) is 0. The first-order valence-electron chi connectivity index (χ1n) is 8.73. The molecule has 2 unspecified atom stereocenters. The smallest absolute Gasteiger partial charge is 0.271 e. The molecule has 0 saturated heterocycles. The molecule has 0 fully saturated rings. The summed E-state index contributed by atoms with van der Waals surface area (Å²) in [6, 6.07) is 16.3. The zero-order chi connectivity index (χ0) is 21.0. The van der Waals surface area contributed by atoms with Crippen LogP contribution in [0, 0.1) is 15.9 Å². The molecule has 0 aliphatic heterocycles. The van der Waals surface area contributed by atoms with Crippen LogP contribution in [0.25, 0.3) is 0 Å². The van der Waals surface area contributed by atoms with Gasteiger partial charge in [-0.3, -0.25) is 10.1 Å². The van der Waals surface area contributed by atoms with E-state index in [2.05, 4.69) is 5.32 Å². The number of aliphatic hydroxyl groups is 1. The number of hydrogen-bond acceptors (Lipinski definition) is 4. The molecule has 3 aromatic carbocycles. The van der Waals surface area contributed by atoms with E-state index in [0.717, 1.165) is 5.56 Å². The molecule has 0 saturated carbocycles. The van der Waals surface area contributed by atoms with Crippen LogP contribution < -0.4 is 5.32 Å². The van der Waals surface area contributed by atoms with E-state index < -0.39 is 22.9 Å². The molecule has 0 radical (unpaired) electrons. The van der Waals surface area contributed by atoms with Gasteiger partial charge in [0.25, 0.3) is 5.69 Å². The van der Waals surface area contributed by atoms with Gasteiger partial charge >= 0.3 is 0 Å². The molecule has 0 aromatic heterocycles. The summed E-state index contributed by atoms with van der Waals surface area (Å²) in [5, 5.41) is 25.7. The second-order valence-electron chi connectivity index (χ2n) is 6.48. The Labute approximate surface area is 176 Å². The van der Waals surface area contributed by atoms with E-state index >= 15 is 0 Å². The second-order valence-corrected chi connectivity index (χ2v) is 7.30. The second kappa shape index (κ2) is 9.22. The number of halogens is 3. The monoisotopic (exact) mass is 434 g/mol. The molecular weight excluding hydrogens is 418 g/mol. The van der Waals surface area contributed by atoms with Gasteiger partial charge in [0.1, 0.15) is 5.82 Å². The minimum atomic E-state index is -0.902. The molecule has 0 aliphatic carbocycles. The first kappa shape index (κ1) is 21.0. The molecule has 0 aliphatic rings. The molecule has 3 aromatic rings. The summed E-state index contributed by atoms with van der Waals surface area (Å²) in [5.74, 6) is -0.392. The van der Waals surface area contributed by atoms with E-state index in [4.69, 9.17) is 23.2 Å². The molecular formula is C21H17Cl2FN2O3. The molecule has 0 bridgehead atoms. The summed E-state index contributed by atoms with van der Waals surface area (Å²) < 4.78 is 13.2. The number of nitrogens with zero attached hydrogens (tertiary/aromatic N) is 1. The van der Waals surface area contributed by atoms with E-state index in [0.29, 0.717) is 21.3 Å². The fraction of sp³-hybridized carbons (Fsp3) is 0.143. The Balaban J connectivity index is 1.90. The van der Waals surface area contributed by atoms with Gasteiger partial charge in [0.2, 0.25) is 0 Å². The lowest BCUT2D eigenvalue weighted by Crippen LogP contribution is -2.15. The zero-order valence-corrected chi connectivity index (χ0v) is 16.6. The van der Waals surface area contributed by atoms with Crippen molar-refractivity contribution in [1.29, 1.82) is 0 Å². The van der Waals surface area contributed by atoms with Crippen LogP contribution in [0.3, 0.4) is 0 Å². The van der Waals surface area contributed by atoms with E-state index in [-0.39, 0.29) is 12.1 Å². The third-order valence-electron chi connectivity index (χ3n) is 4.46. The minimum absolute atomic E-state index is 0.0537. The third-order valence-corrected chi connectivity index (χ3v) is 5.20. The van der Waals surface area contributed by atoms with Crippen molar-refractivity contribution in [3.05, 3.63) is 104 Å². The SMILES string of the molecule is O=[N+]([O-])c1cccc(NC(CC(O)c2ccc(F)cc2)c2ccc(Cl)c(Cl)c2)c1.